The molecule has 1 rings (SSSR count). The highest BCUT2D eigenvalue weighted by Crippen LogP contribution is 2.17. The molecule has 0 fully saturated rings. The van der Waals surface area contributed by atoms with Crippen molar-refractivity contribution in [3.8, 4) is 0 Å². The quantitative estimate of drug-likeness (QED) is 0.805. The van der Waals surface area contributed by atoms with Gasteiger partial charge >= 0.3 is 6.18 Å². The summed E-state index contributed by atoms with van der Waals surface area (Å²) in [6, 6.07) is 7.33. The second-order valence-electron chi connectivity index (χ2n) is 3.90. The minimum absolute atomic E-state index is 0.0122. The third-order valence-electron chi connectivity index (χ3n) is 2.31. The Balaban J connectivity index is 2.23. The maximum Gasteiger partial charge on any atom is 0.411 e. The molecule has 0 aromatic heterocycles. The first-order valence-electron chi connectivity index (χ1n) is 5.52. The van der Waals surface area contributed by atoms with Gasteiger partial charge in [0.2, 0.25) is 0 Å². The van der Waals surface area contributed by atoms with Crippen LogP contribution in [0.25, 0.3) is 0 Å². The van der Waals surface area contributed by atoms with Crippen LogP contribution in [-0.2, 0) is 4.74 Å². The lowest BCUT2D eigenvalue weighted by Crippen LogP contribution is -2.25. The predicted molar refractivity (Wildman–Crippen MR) is 64.7 cm³/mol. The van der Waals surface area contributed by atoms with Crippen LogP contribution in [0.5, 0.6) is 0 Å². The van der Waals surface area contributed by atoms with E-state index in [0.717, 1.165) is 5.56 Å². The number of halogens is 4. The molecular formula is C12H15ClF3NO. The van der Waals surface area contributed by atoms with Crippen LogP contribution in [0.1, 0.15) is 18.5 Å². The molecule has 0 bridgehead atoms. The highest BCUT2D eigenvalue weighted by molar-refractivity contribution is 6.30. The molecule has 0 amide bonds. The second-order valence-corrected chi connectivity index (χ2v) is 4.34. The highest BCUT2D eigenvalue weighted by Gasteiger charge is 2.27. The van der Waals surface area contributed by atoms with E-state index < -0.39 is 12.8 Å². The zero-order chi connectivity index (χ0) is 13.6. The normalized spacial score (nSPS) is 13.6. The third kappa shape index (κ3) is 6.23. The average Bonchev–Trinajstić information content (AvgIpc) is 2.26. The summed E-state index contributed by atoms with van der Waals surface area (Å²) in [6.45, 7) is 1.07. The van der Waals surface area contributed by atoms with E-state index >= 15 is 0 Å². The zero-order valence-electron chi connectivity index (χ0n) is 9.93. The van der Waals surface area contributed by atoms with Gasteiger partial charge in [0.15, 0.2) is 0 Å². The molecule has 18 heavy (non-hydrogen) atoms. The summed E-state index contributed by atoms with van der Waals surface area (Å²) in [4.78, 5) is 0. The van der Waals surface area contributed by atoms with E-state index in [1.54, 1.807) is 6.07 Å². The Labute approximate surface area is 109 Å². The zero-order valence-corrected chi connectivity index (χ0v) is 10.7. The molecule has 1 N–H and O–H groups in total. The van der Waals surface area contributed by atoms with Crippen molar-refractivity contribution in [1.82, 2.24) is 5.32 Å². The first-order chi connectivity index (χ1) is 8.38. The van der Waals surface area contributed by atoms with E-state index in [4.69, 9.17) is 11.6 Å². The molecule has 1 atom stereocenters. The Bertz CT molecular complexity index is 371. The lowest BCUT2D eigenvalue weighted by molar-refractivity contribution is -0.173. The van der Waals surface area contributed by atoms with Crippen molar-refractivity contribution in [1.29, 1.82) is 0 Å². The van der Waals surface area contributed by atoms with E-state index in [-0.39, 0.29) is 12.6 Å². The number of rotatable bonds is 6. The van der Waals surface area contributed by atoms with Crippen molar-refractivity contribution in [2.45, 2.75) is 19.1 Å². The van der Waals surface area contributed by atoms with Gasteiger partial charge in [-0.15, -0.1) is 0 Å². The fourth-order valence-corrected chi connectivity index (χ4v) is 1.63. The van der Waals surface area contributed by atoms with Gasteiger partial charge in [0, 0.05) is 17.6 Å². The third-order valence-corrected chi connectivity index (χ3v) is 2.55. The summed E-state index contributed by atoms with van der Waals surface area (Å²) in [5, 5.41) is 3.70. The number of alkyl halides is 3. The van der Waals surface area contributed by atoms with Crippen LogP contribution < -0.4 is 5.32 Å². The van der Waals surface area contributed by atoms with Gasteiger partial charge in [-0.05, 0) is 24.6 Å². The molecule has 0 aliphatic carbocycles. The number of hydrogen-bond donors (Lipinski definition) is 1. The highest BCUT2D eigenvalue weighted by atomic mass is 35.5. The summed E-state index contributed by atoms with van der Waals surface area (Å²) in [5.41, 5.74) is 0.985. The summed E-state index contributed by atoms with van der Waals surface area (Å²) in [5.74, 6) is 0. The molecule has 0 aliphatic rings. The standard InChI is InChI=1S/C12H15ClF3NO/c1-9(10-3-2-4-11(13)7-10)17-5-6-18-8-12(14,15)16/h2-4,7,9,17H,5-6,8H2,1H3. The van der Waals surface area contributed by atoms with Crippen LogP contribution in [0.3, 0.4) is 0 Å². The minimum atomic E-state index is -4.27. The van der Waals surface area contributed by atoms with Gasteiger partial charge in [-0.2, -0.15) is 13.2 Å². The fourth-order valence-electron chi connectivity index (χ4n) is 1.43. The molecule has 102 valence electrons. The van der Waals surface area contributed by atoms with Crippen molar-refractivity contribution >= 4 is 11.6 Å². The lowest BCUT2D eigenvalue weighted by Gasteiger charge is -2.15. The van der Waals surface area contributed by atoms with Gasteiger partial charge in [-0.1, -0.05) is 23.7 Å². The molecule has 0 radical (unpaired) electrons. The molecule has 0 saturated carbocycles. The van der Waals surface area contributed by atoms with Crippen molar-refractivity contribution in [3.63, 3.8) is 0 Å². The molecule has 0 saturated heterocycles. The van der Waals surface area contributed by atoms with Gasteiger partial charge < -0.3 is 10.1 Å². The molecule has 0 aliphatic heterocycles. The van der Waals surface area contributed by atoms with Crippen molar-refractivity contribution in [2.75, 3.05) is 19.8 Å². The van der Waals surface area contributed by atoms with E-state index in [1.165, 1.54) is 0 Å². The monoisotopic (exact) mass is 281 g/mol. The van der Waals surface area contributed by atoms with Gasteiger partial charge in [-0.25, -0.2) is 0 Å². The summed E-state index contributed by atoms with van der Waals surface area (Å²) in [6.07, 6.45) is -4.27. The lowest BCUT2D eigenvalue weighted by atomic mass is 10.1. The van der Waals surface area contributed by atoms with Crippen molar-refractivity contribution < 1.29 is 17.9 Å². The number of hydrogen-bond acceptors (Lipinski definition) is 2. The number of benzene rings is 1. The first-order valence-corrected chi connectivity index (χ1v) is 5.89. The number of nitrogens with one attached hydrogen (secondary N) is 1. The van der Waals surface area contributed by atoms with Crippen LogP contribution in [0.4, 0.5) is 13.2 Å². The maximum atomic E-state index is 11.8. The van der Waals surface area contributed by atoms with Gasteiger partial charge in [0.1, 0.15) is 6.61 Å². The van der Waals surface area contributed by atoms with Crippen LogP contribution in [0.15, 0.2) is 24.3 Å². The van der Waals surface area contributed by atoms with E-state index in [1.807, 2.05) is 25.1 Å². The Morgan fingerprint density at radius 1 is 1.39 bits per heavy atom. The summed E-state index contributed by atoms with van der Waals surface area (Å²) in [7, 11) is 0. The fraction of sp³-hybridized carbons (Fsp3) is 0.500. The molecular weight excluding hydrogens is 267 g/mol. The molecule has 6 heteroatoms. The molecule has 1 aromatic carbocycles. The second kappa shape index (κ2) is 6.97. The predicted octanol–water partition coefficient (Wildman–Crippen LogP) is 3.57. The molecule has 0 heterocycles. The SMILES string of the molecule is CC(NCCOCC(F)(F)F)c1cccc(Cl)c1. The Morgan fingerprint density at radius 3 is 2.72 bits per heavy atom. The van der Waals surface area contributed by atoms with Crippen LogP contribution in [0, 0.1) is 0 Å². The summed E-state index contributed by atoms with van der Waals surface area (Å²) >= 11 is 5.85. The topological polar surface area (TPSA) is 21.3 Å². The molecule has 1 aromatic rings. The average molecular weight is 282 g/mol. The van der Waals surface area contributed by atoms with Crippen LogP contribution in [-0.4, -0.2) is 25.9 Å². The maximum absolute atomic E-state index is 11.8. The molecule has 2 nitrogen and oxygen atoms in total. The smallest absolute Gasteiger partial charge is 0.371 e. The van der Waals surface area contributed by atoms with Crippen molar-refractivity contribution in [2.24, 2.45) is 0 Å². The van der Waals surface area contributed by atoms with Crippen LogP contribution >= 0.6 is 11.6 Å². The van der Waals surface area contributed by atoms with Gasteiger partial charge in [0.25, 0.3) is 0 Å². The Morgan fingerprint density at radius 2 is 2.11 bits per heavy atom. The molecule has 1 unspecified atom stereocenters. The van der Waals surface area contributed by atoms with Crippen molar-refractivity contribution in [3.05, 3.63) is 34.9 Å². The van der Waals surface area contributed by atoms with E-state index in [9.17, 15) is 13.2 Å². The molecule has 0 spiro atoms. The van der Waals surface area contributed by atoms with Crippen LogP contribution in [0.2, 0.25) is 5.02 Å². The Kier molecular flexibility index (Phi) is 5.91. The summed E-state index contributed by atoms with van der Waals surface area (Å²) < 4.78 is 39.9. The minimum Gasteiger partial charge on any atom is -0.371 e. The van der Waals surface area contributed by atoms with E-state index in [0.29, 0.717) is 11.6 Å². The largest absolute Gasteiger partial charge is 0.411 e. The van der Waals surface area contributed by atoms with Gasteiger partial charge in [-0.3, -0.25) is 0 Å². The first kappa shape index (κ1) is 15.3. The van der Waals surface area contributed by atoms with Gasteiger partial charge in [0.05, 0.1) is 6.61 Å². The Hall–Kier alpha value is -0.780. The number of ether oxygens (including phenoxy) is 1. The van der Waals surface area contributed by atoms with E-state index in [2.05, 4.69) is 10.1 Å².